The van der Waals surface area contributed by atoms with Crippen molar-refractivity contribution in [3.05, 3.63) is 117 Å². The fourth-order valence-corrected chi connectivity index (χ4v) is 14.3. The Hall–Kier alpha value is -7.83. The van der Waals surface area contributed by atoms with Crippen molar-refractivity contribution < 1.29 is 60.1 Å². The first kappa shape index (κ1) is 60.8. The molecule has 23 heteroatoms. The van der Waals surface area contributed by atoms with E-state index in [9.17, 15) is 45.9 Å². The summed E-state index contributed by atoms with van der Waals surface area (Å²) in [5.74, 6) is -0.930. The highest BCUT2D eigenvalue weighted by Gasteiger charge is 2.41. The number of methoxy groups -OCH3 is 2. The number of morpholine rings is 1. The zero-order valence-corrected chi connectivity index (χ0v) is 51.5. The van der Waals surface area contributed by atoms with Crippen molar-refractivity contribution in [3.63, 3.8) is 0 Å². The van der Waals surface area contributed by atoms with Gasteiger partial charge in [0.1, 0.15) is 11.5 Å². The van der Waals surface area contributed by atoms with Crippen LogP contribution in [0.1, 0.15) is 119 Å². The van der Waals surface area contributed by atoms with E-state index in [-0.39, 0.29) is 59.4 Å². The van der Waals surface area contributed by atoms with E-state index in [1.54, 1.807) is 49.5 Å². The summed E-state index contributed by atoms with van der Waals surface area (Å²) in [6.07, 6.45) is 14.6. The fraction of sp³-hybridized carbons (Fsp3) is 0.422. The maximum absolute atomic E-state index is 14.2. The Bertz CT molecular complexity index is 4040. The molecule has 0 unspecified atom stereocenters. The number of ether oxygens (including phenoxy) is 3. The SMILES string of the molecule is COc1ccc2c(c1)C=C(C(=O)N1CC(C(=O)N3CCOCC3)C1)Cn1c-2c(C2CCCCC2)c2ccc(C(=O)NS(=O)(=O)N(C)C)cc21.COc1ccc2c(c1)C=C(C(=O)O)Cn1c-2c(C2CCCCC2)c2ccc(C(=O)NS(=O)(=O)N(C)C)cc21. The van der Waals surface area contributed by atoms with Crippen LogP contribution in [0.4, 0.5) is 0 Å². The highest BCUT2D eigenvalue weighted by atomic mass is 32.2. The zero-order chi connectivity index (χ0) is 61.6. The van der Waals surface area contributed by atoms with E-state index in [2.05, 4.69) is 14.0 Å². The lowest BCUT2D eigenvalue weighted by molar-refractivity contribution is -0.149. The van der Waals surface area contributed by atoms with E-state index in [4.69, 9.17) is 14.2 Å². The Balaban J connectivity index is 0.000000186. The van der Waals surface area contributed by atoms with Crippen LogP contribution in [0.15, 0.2) is 83.9 Å². The molecule has 2 aromatic heterocycles. The van der Waals surface area contributed by atoms with Crippen molar-refractivity contribution in [1.29, 1.82) is 0 Å². The third-order valence-corrected chi connectivity index (χ3v) is 20.7. The predicted molar refractivity (Wildman–Crippen MR) is 331 cm³/mol. The van der Waals surface area contributed by atoms with Crippen LogP contribution in [-0.4, -0.2) is 161 Å². The summed E-state index contributed by atoms with van der Waals surface area (Å²) in [5.41, 5.74) is 10.4. The van der Waals surface area contributed by atoms with Gasteiger partial charge in [0.15, 0.2) is 0 Å². The van der Waals surface area contributed by atoms with Gasteiger partial charge in [-0.25, -0.2) is 14.2 Å². The van der Waals surface area contributed by atoms with E-state index < -0.39 is 38.2 Å². The monoisotopic (exact) mass is 1230 g/mol. The van der Waals surface area contributed by atoms with Crippen LogP contribution in [0.2, 0.25) is 0 Å². The number of aliphatic carboxylic acids is 1. The number of carbonyl (C=O) groups excluding carboxylic acids is 4. The van der Waals surface area contributed by atoms with Crippen molar-refractivity contribution >= 4 is 84.0 Å². The van der Waals surface area contributed by atoms with Gasteiger partial charge in [0.2, 0.25) is 5.91 Å². The summed E-state index contributed by atoms with van der Waals surface area (Å²) in [6.45, 7) is 3.26. The maximum atomic E-state index is 14.2. The summed E-state index contributed by atoms with van der Waals surface area (Å²) in [5, 5.41) is 12.0. The molecular weight excluding hydrogens is 1150 g/mol. The summed E-state index contributed by atoms with van der Waals surface area (Å²) < 4.78 is 76.3. The highest BCUT2D eigenvalue weighted by molar-refractivity contribution is 7.88. The van der Waals surface area contributed by atoms with Crippen molar-refractivity contribution in [3.8, 4) is 34.0 Å². The Labute approximate surface area is 506 Å². The van der Waals surface area contributed by atoms with Crippen LogP contribution in [0.3, 0.4) is 0 Å². The second-order valence-electron chi connectivity index (χ2n) is 23.7. The quantitative estimate of drug-likeness (QED) is 0.0993. The topological polar surface area (TPSA) is 248 Å². The van der Waals surface area contributed by atoms with Gasteiger partial charge in [-0.05, 0) is 133 Å². The molecule has 0 bridgehead atoms. The molecule has 4 fully saturated rings. The number of rotatable bonds is 13. The van der Waals surface area contributed by atoms with Gasteiger partial charge in [-0.15, -0.1) is 0 Å². The lowest BCUT2D eigenvalue weighted by Gasteiger charge is -2.41. The lowest BCUT2D eigenvalue weighted by Crippen LogP contribution is -2.58. The lowest BCUT2D eigenvalue weighted by atomic mass is 9.81. The molecule has 4 amide bonds. The Morgan fingerprint density at radius 1 is 0.575 bits per heavy atom. The second kappa shape index (κ2) is 24.7. The Morgan fingerprint density at radius 2 is 1.01 bits per heavy atom. The first-order chi connectivity index (χ1) is 41.7. The van der Waals surface area contributed by atoms with E-state index in [0.717, 1.165) is 115 Å². The van der Waals surface area contributed by atoms with Gasteiger partial charge in [0, 0.05) is 104 Å². The number of benzene rings is 4. The largest absolute Gasteiger partial charge is 0.497 e. The third kappa shape index (κ3) is 12.0. The fourth-order valence-electron chi connectivity index (χ4n) is 13.2. The van der Waals surface area contributed by atoms with Gasteiger partial charge in [-0.2, -0.15) is 25.4 Å². The molecule has 6 heterocycles. The number of amides is 4. The number of hydrogen-bond donors (Lipinski definition) is 3. The molecule has 87 heavy (non-hydrogen) atoms. The number of likely N-dealkylation sites (tertiary alicyclic amines) is 1. The van der Waals surface area contributed by atoms with Gasteiger partial charge >= 0.3 is 26.4 Å². The number of carbonyl (C=O) groups is 5. The van der Waals surface area contributed by atoms with Crippen LogP contribution in [0.25, 0.3) is 56.5 Å². The molecule has 21 nitrogen and oxygen atoms in total. The molecule has 6 aliphatic rings. The van der Waals surface area contributed by atoms with Crippen molar-refractivity contribution in [2.24, 2.45) is 5.92 Å². The molecule has 3 N–H and O–H groups in total. The highest BCUT2D eigenvalue weighted by Crippen LogP contribution is 2.49. The number of fused-ring (bicyclic) bond motifs is 10. The first-order valence-electron chi connectivity index (χ1n) is 29.6. The minimum absolute atomic E-state index is 0.0650. The van der Waals surface area contributed by atoms with E-state index >= 15 is 0 Å². The standard InChI is InChI=1S/C36H43N5O7S.C28H31N3O6S/c1-38(2)49(45,46)37-34(42)24-9-11-30-31(19-24)41-22-26(35(43)40-20-27(21-40)36(44)39-13-15-48-16-14-39)17-25-18-28(47-3)10-12-29(25)33(41)32(30)23-7-5-4-6-8-23;1-30(2)38(35,36)29-27(32)18-9-11-23-24(15-18)31-16-20(28(33)34)13-19-14-21(37-3)10-12-22(19)26(31)25(23)17-7-5-4-6-8-17/h9-12,17-19,23,27H,4-8,13-16,20-22H2,1-3H3,(H,37,42);9-15,17H,4-8,16H2,1-3H3,(H,29,32)(H,33,34). The van der Waals surface area contributed by atoms with Gasteiger partial charge < -0.3 is 38.3 Å². The zero-order valence-electron chi connectivity index (χ0n) is 49.9. The number of hydrogen-bond acceptors (Lipinski definition) is 12. The molecule has 2 aliphatic carbocycles. The smallest absolute Gasteiger partial charge is 0.333 e. The number of carboxylic acids is 1. The number of nitrogens with zero attached hydrogens (tertiary/aromatic N) is 6. The average molecular weight is 1230 g/mol. The molecule has 2 saturated carbocycles. The van der Waals surface area contributed by atoms with Gasteiger partial charge in [0.25, 0.3) is 17.7 Å². The molecular formula is C64H74N8O13S2. The van der Waals surface area contributed by atoms with Crippen molar-refractivity contribution in [2.75, 3.05) is 81.8 Å². The molecule has 0 radical (unpaired) electrons. The van der Waals surface area contributed by atoms with Crippen LogP contribution in [0, 0.1) is 5.92 Å². The molecule has 0 spiro atoms. The summed E-state index contributed by atoms with van der Waals surface area (Å²) >= 11 is 0. The average Bonchev–Trinajstić information content (AvgIpc) is 1.63. The number of carboxylic acid groups (broad SMARTS) is 1. The summed E-state index contributed by atoms with van der Waals surface area (Å²) in [6, 6.07) is 22.1. The first-order valence-corrected chi connectivity index (χ1v) is 32.5. The van der Waals surface area contributed by atoms with Gasteiger partial charge in [-0.1, -0.05) is 50.7 Å². The summed E-state index contributed by atoms with van der Waals surface area (Å²) in [4.78, 5) is 69.4. The van der Waals surface area contributed by atoms with E-state index in [0.29, 0.717) is 62.0 Å². The summed E-state index contributed by atoms with van der Waals surface area (Å²) in [7, 11) is 0.624. The second-order valence-corrected chi connectivity index (χ2v) is 27.4. The number of nitrogens with one attached hydrogen (secondary N) is 2. The van der Waals surface area contributed by atoms with Crippen LogP contribution in [-0.2, 0) is 52.6 Å². The minimum Gasteiger partial charge on any atom is -0.497 e. The van der Waals surface area contributed by atoms with Gasteiger partial charge in [0.05, 0.1) is 63.4 Å². The van der Waals surface area contributed by atoms with Gasteiger partial charge in [-0.3, -0.25) is 19.2 Å². The predicted octanol–water partition coefficient (Wildman–Crippen LogP) is 8.00. The molecule has 4 aromatic carbocycles. The molecule has 12 rings (SSSR count). The van der Waals surface area contributed by atoms with Crippen LogP contribution >= 0.6 is 0 Å². The van der Waals surface area contributed by atoms with Crippen LogP contribution < -0.4 is 18.9 Å². The van der Waals surface area contributed by atoms with Crippen LogP contribution in [0.5, 0.6) is 11.5 Å². The Kier molecular flexibility index (Phi) is 17.3. The van der Waals surface area contributed by atoms with E-state index in [1.165, 1.54) is 46.6 Å². The Morgan fingerprint density at radius 3 is 1.44 bits per heavy atom. The molecule has 2 saturated heterocycles. The molecule has 6 aromatic rings. The maximum Gasteiger partial charge on any atom is 0.333 e. The molecule has 460 valence electrons. The molecule has 0 atom stereocenters. The van der Waals surface area contributed by atoms with Crippen molar-refractivity contribution in [2.45, 2.75) is 89.1 Å². The number of aromatic nitrogens is 2. The molecule has 4 aliphatic heterocycles. The minimum atomic E-state index is -4.00. The normalized spacial score (nSPS) is 17.5. The van der Waals surface area contributed by atoms with Crippen molar-refractivity contribution in [1.82, 2.24) is 37.0 Å². The van der Waals surface area contributed by atoms with E-state index in [1.807, 2.05) is 64.1 Å². The third-order valence-electron chi connectivity index (χ3n) is 17.9.